The van der Waals surface area contributed by atoms with E-state index in [0.29, 0.717) is 6.04 Å². The first kappa shape index (κ1) is 14.2. The third-order valence-electron chi connectivity index (χ3n) is 3.71. The van der Waals surface area contributed by atoms with E-state index in [0.717, 1.165) is 20.7 Å². The average molecular weight is 331 g/mol. The largest absolute Gasteiger partial charge is 0.381 e. The van der Waals surface area contributed by atoms with Gasteiger partial charge in [0, 0.05) is 15.5 Å². The summed E-state index contributed by atoms with van der Waals surface area (Å²) >= 11 is 9.82. The van der Waals surface area contributed by atoms with Crippen LogP contribution in [0.1, 0.15) is 50.5 Å². The molecule has 0 atom stereocenters. The molecule has 1 N–H and O–H groups in total. The Bertz CT molecular complexity index is 398. The van der Waals surface area contributed by atoms with Gasteiger partial charge >= 0.3 is 0 Å². The number of nitrogens with one attached hydrogen (secondary N) is 1. The summed E-state index contributed by atoms with van der Waals surface area (Å²) < 4.78 is 1.12. The smallest absolute Gasteiger partial charge is 0.0501 e. The first-order valence-electron chi connectivity index (χ1n) is 6.89. The number of hydrogen-bond donors (Lipinski definition) is 1. The molecule has 0 amide bonds. The van der Waals surface area contributed by atoms with Crippen molar-refractivity contribution >= 4 is 33.2 Å². The van der Waals surface area contributed by atoms with Crippen LogP contribution in [0, 0.1) is 6.92 Å². The van der Waals surface area contributed by atoms with Crippen molar-refractivity contribution in [1.82, 2.24) is 0 Å². The van der Waals surface area contributed by atoms with Crippen LogP contribution in [0.25, 0.3) is 0 Å². The second kappa shape index (κ2) is 6.81. The number of aryl methyl sites for hydroxylation is 1. The SMILES string of the molecule is Cc1cc(Br)c(NC2CCCCCCC2)cc1Cl. The van der Waals surface area contributed by atoms with Crippen LogP contribution < -0.4 is 5.32 Å². The average Bonchev–Trinajstić information content (AvgIpc) is 2.29. The third-order valence-corrected chi connectivity index (χ3v) is 4.78. The van der Waals surface area contributed by atoms with Gasteiger partial charge in [-0.25, -0.2) is 0 Å². The highest BCUT2D eigenvalue weighted by Gasteiger charge is 2.13. The Morgan fingerprint density at radius 2 is 1.72 bits per heavy atom. The molecule has 1 saturated carbocycles. The van der Waals surface area contributed by atoms with E-state index in [1.54, 1.807) is 0 Å². The molecule has 1 aliphatic carbocycles. The highest BCUT2D eigenvalue weighted by molar-refractivity contribution is 9.10. The summed E-state index contributed by atoms with van der Waals surface area (Å²) in [5, 5.41) is 4.49. The van der Waals surface area contributed by atoms with Crippen LogP contribution in [-0.4, -0.2) is 6.04 Å². The van der Waals surface area contributed by atoms with Gasteiger partial charge in [0.05, 0.1) is 5.69 Å². The van der Waals surface area contributed by atoms with Crippen LogP contribution in [0.15, 0.2) is 16.6 Å². The predicted octanol–water partition coefficient (Wildman–Crippen LogP) is 5.94. The Hall–Kier alpha value is -0.210. The van der Waals surface area contributed by atoms with Crippen LogP contribution in [0.5, 0.6) is 0 Å². The molecule has 0 unspecified atom stereocenters. The van der Waals surface area contributed by atoms with E-state index < -0.39 is 0 Å². The van der Waals surface area contributed by atoms with Gasteiger partial charge in [-0.15, -0.1) is 0 Å². The fourth-order valence-electron chi connectivity index (χ4n) is 2.58. The molecule has 0 radical (unpaired) electrons. The van der Waals surface area contributed by atoms with Crippen molar-refractivity contribution in [2.24, 2.45) is 0 Å². The van der Waals surface area contributed by atoms with E-state index in [-0.39, 0.29) is 0 Å². The van der Waals surface area contributed by atoms with Gasteiger partial charge in [0.2, 0.25) is 0 Å². The van der Waals surface area contributed by atoms with Gasteiger partial charge < -0.3 is 5.32 Å². The topological polar surface area (TPSA) is 12.0 Å². The van der Waals surface area contributed by atoms with Gasteiger partial charge in [0.15, 0.2) is 0 Å². The molecule has 0 aromatic heterocycles. The van der Waals surface area contributed by atoms with Gasteiger partial charge in [0.25, 0.3) is 0 Å². The van der Waals surface area contributed by atoms with Crippen molar-refractivity contribution < 1.29 is 0 Å². The van der Waals surface area contributed by atoms with Crippen LogP contribution in [0.4, 0.5) is 5.69 Å². The van der Waals surface area contributed by atoms with Crippen molar-refractivity contribution in [2.75, 3.05) is 5.32 Å². The molecule has 0 aliphatic heterocycles. The molecule has 0 heterocycles. The summed E-state index contributed by atoms with van der Waals surface area (Å²) in [4.78, 5) is 0. The summed E-state index contributed by atoms with van der Waals surface area (Å²) in [6.45, 7) is 2.03. The molecule has 1 aromatic rings. The lowest BCUT2D eigenvalue weighted by atomic mass is 9.96. The van der Waals surface area contributed by atoms with E-state index in [4.69, 9.17) is 11.6 Å². The lowest BCUT2D eigenvalue weighted by Crippen LogP contribution is -2.20. The van der Waals surface area contributed by atoms with E-state index in [2.05, 4.69) is 27.3 Å². The third kappa shape index (κ3) is 3.89. The minimum atomic E-state index is 0.598. The summed E-state index contributed by atoms with van der Waals surface area (Å²) in [6.07, 6.45) is 9.41. The Morgan fingerprint density at radius 3 is 2.39 bits per heavy atom. The number of anilines is 1. The first-order chi connectivity index (χ1) is 8.66. The minimum Gasteiger partial charge on any atom is -0.381 e. The van der Waals surface area contributed by atoms with Crippen LogP contribution in [-0.2, 0) is 0 Å². The second-order valence-corrected chi connectivity index (χ2v) is 6.53. The maximum Gasteiger partial charge on any atom is 0.0501 e. The molecule has 0 spiro atoms. The zero-order valence-electron chi connectivity index (χ0n) is 10.9. The lowest BCUT2D eigenvalue weighted by molar-refractivity contribution is 0.471. The number of hydrogen-bond acceptors (Lipinski definition) is 1. The minimum absolute atomic E-state index is 0.598. The summed E-state index contributed by atoms with van der Waals surface area (Å²) in [6, 6.07) is 4.73. The Balaban J connectivity index is 2.05. The molecular formula is C15H21BrClN. The van der Waals surface area contributed by atoms with Gasteiger partial charge in [-0.2, -0.15) is 0 Å². The molecule has 1 aromatic carbocycles. The van der Waals surface area contributed by atoms with E-state index in [1.807, 2.05) is 13.0 Å². The Labute approximate surface area is 123 Å². The molecular weight excluding hydrogens is 310 g/mol. The van der Waals surface area contributed by atoms with E-state index >= 15 is 0 Å². The molecule has 100 valence electrons. The zero-order valence-corrected chi connectivity index (χ0v) is 13.3. The fourth-order valence-corrected chi connectivity index (χ4v) is 3.31. The molecule has 3 heteroatoms. The van der Waals surface area contributed by atoms with Crippen molar-refractivity contribution in [2.45, 2.75) is 57.9 Å². The van der Waals surface area contributed by atoms with Crippen LogP contribution >= 0.6 is 27.5 Å². The molecule has 0 saturated heterocycles. The maximum absolute atomic E-state index is 6.20. The van der Waals surface area contributed by atoms with Crippen molar-refractivity contribution in [3.05, 3.63) is 27.2 Å². The second-order valence-electron chi connectivity index (χ2n) is 5.27. The number of benzene rings is 1. The van der Waals surface area contributed by atoms with Gasteiger partial charge in [-0.3, -0.25) is 0 Å². The normalized spacial score (nSPS) is 18.2. The monoisotopic (exact) mass is 329 g/mol. The van der Waals surface area contributed by atoms with Crippen molar-refractivity contribution in [1.29, 1.82) is 0 Å². The summed E-state index contributed by atoms with van der Waals surface area (Å²) in [5.74, 6) is 0. The fraction of sp³-hybridized carbons (Fsp3) is 0.600. The van der Waals surface area contributed by atoms with Crippen LogP contribution in [0.3, 0.4) is 0 Å². The van der Waals surface area contributed by atoms with Gasteiger partial charge in [-0.05, 0) is 53.4 Å². The Kier molecular flexibility index (Phi) is 5.38. The molecule has 1 fully saturated rings. The molecule has 1 aliphatic rings. The quantitative estimate of drug-likeness (QED) is 0.708. The zero-order chi connectivity index (χ0) is 13.0. The first-order valence-corrected chi connectivity index (χ1v) is 8.06. The van der Waals surface area contributed by atoms with E-state index in [9.17, 15) is 0 Å². The highest BCUT2D eigenvalue weighted by Crippen LogP contribution is 2.31. The molecule has 2 rings (SSSR count). The van der Waals surface area contributed by atoms with Gasteiger partial charge in [-0.1, -0.05) is 43.7 Å². The molecule has 18 heavy (non-hydrogen) atoms. The Morgan fingerprint density at radius 1 is 1.11 bits per heavy atom. The number of halogens is 2. The standard InChI is InChI=1S/C15H21BrClN/c1-11-9-13(16)15(10-14(11)17)18-12-7-5-3-2-4-6-8-12/h9-10,12,18H,2-8H2,1H3. The van der Waals surface area contributed by atoms with Crippen LogP contribution in [0.2, 0.25) is 5.02 Å². The maximum atomic E-state index is 6.20. The lowest BCUT2D eigenvalue weighted by Gasteiger charge is -2.23. The molecule has 0 bridgehead atoms. The number of rotatable bonds is 2. The van der Waals surface area contributed by atoms with Gasteiger partial charge in [0.1, 0.15) is 0 Å². The van der Waals surface area contributed by atoms with E-state index in [1.165, 1.54) is 44.9 Å². The summed E-state index contributed by atoms with van der Waals surface area (Å²) in [7, 11) is 0. The van der Waals surface area contributed by atoms with Crippen molar-refractivity contribution in [3.8, 4) is 0 Å². The summed E-state index contributed by atoms with van der Waals surface area (Å²) in [5.41, 5.74) is 2.25. The van der Waals surface area contributed by atoms with Crippen molar-refractivity contribution in [3.63, 3.8) is 0 Å². The molecule has 1 nitrogen and oxygen atoms in total. The predicted molar refractivity (Wildman–Crippen MR) is 83.6 cm³/mol. The highest BCUT2D eigenvalue weighted by atomic mass is 79.9.